The number of ether oxygens (including phenoxy) is 2. The van der Waals surface area contributed by atoms with Crippen molar-refractivity contribution < 1.29 is 14.3 Å². The summed E-state index contributed by atoms with van der Waals surface area (Å²) >= 11 is 0. The van der Waals surface area contributed by atoms with Gasteiger partial charge in [0.05, 0.1) is 19.2 Å². The molecule has 0 radical (unpaired) electrons. The first kappa shape index (κ1) is 17.3. The average Bonchev–Trinajstić information content (AvgIpc) is 2.63. The predicted molar refractivity (Wildman–Crippen MR) is 97.0 cm³/mol. The topological polar surface area (TPSA) is 59.6 Å². The van der Waals surface area contributed by atoms with Gasteiger partial charge in [0.25, 0.3) is 0 Å². The van der Waals surface area contributed by atoms with E-state index in [1.165, 1.54) is 5.56 Å². The zero-order valence-electron chi connectivity index (χ0n) is 14.5. The van der Waals surface area contributed by atoms with Crippen LogP contribution in [-0.4, -0.2) is 32.2 Å². The van der Waals surface area contributed by atoms with Crippen molar-refractivity contribution in [1.82, 2.24) is 10.6 Å². The maximum Gasteiger partial charge on any atom is 0.234 e. The molecule has 1 atom stereocenters. The van der Waals surface area contributed by atoms with E-state index in [9.17, 15) is 4.79 Å². The average molecular weight is 340 g/mol. The smallest absolute Gasteiger partial charge is 0.234 e. The molecule has 0 bridgehead atoms. The number of amides is 1. The molecule has 1 amide bonds. The van der Waals surface area contributed by atoms with E-state index in [0.717, 1.165) is 23.5 Å². The molecule has 3 rings (SSSR count). The summed E-state index contributed by atoms with van der Waals surface area (Å²) in [6.45, 7) is 4.08. The molecule has 0 saturated carbocycles. The SMILES string of the molecule is Cc1ccc(OCCNCC(=O)N[C@@H]2CCOc3ccccc32)cc1. The van der Waals surface area contributed by atoms with Crippen LogP contribution in [0.5, 0.6) is 11.5 Å². The highest BCUT2D eigenvalue weighted by atomic mass is 16.5. The number of fused-ring (bicyclic) bond motifs is 1. The summed E-state index contributed by atoms with van der Waals surface area (Å²) in [6, 6.07) is 15.8. The van der Waals surface area contributed by atoms with Gasteiger partial charge in [0.2, 0.25) is 5.91 Å². The van der Waals surface area contributed by atoms with E-state index >= 15 is 0 Å². The normalized spacial score (nSPS) is 15.8. The van der Waals surface area contributed by atoms with Gasteiger partial charge in [-0.2, -0.15) is 0 Å². The van der Waals surface area contributed by atoms with Crippen LogP contribution in [-0.2, 0) is 4.79 Å². The van der Waals surface area contributed by atoms with Gasteiger partial charge in [-0.3, -0.25) is 4.79 Å². The van der Waals surface area contributed by atoms with Crippen LogP contribution in [0.25, 0.3) is 0 Å². The molecule has 1 aliphatic rings. The van der Waals surface area contributed by atoms with Crippen LogP contribution in [0.4, 0.5) is 0 Å². The summed E-state index contributed by atoms with van der Waals surface area (Å²) in [7, 11) is 0. The van der Waals surface area contributed by atoms with Gasteiger partial charge in [-0.25, -0.2) is 0 Å². The van der Waals surface area contributed by atoms with E-state index in [2.05, 4.69) is 10.6 Å². The first-order valence-electron chi connectivity index (χ1n) is 8.63. The summed E-state index contributed by atoms with van der Waals surface area (Å²) in [4.78, 5) is 12.1. The minimum Gasteiger partial charge on any atom is -0.493 e. The van der Waals surface area contributed by atoms with Crippen LogP contribution in [0.1, 0.15) is 23.6 Å². The molecule has 5 heteroatoms. The Morgan fingerprint density at radius 2 is 2.00 bits per heavy atom. The van der Waals surface area contributed by atoms with Gasteiger partial charge >= 0.3 is 0 Å². The van der Waals surface area contributed by atoms with Crippen LogP contribution >= 0.6 is 0 Å². The van der Waals surface area contributed by atoms with E-state index in [0.29, 0.717) is 19.8 Å². The van der Waals surface area contributed by atoms with Crippen LogP contribution in [0.2, 0.25) is 0 Å². The standard InChI is InChI=1S/C20H24N2O3/c1-15-6-8-16(9-7-15)24-13-11-21-14-20(23)22-18-10-12-25-19-5-3-2-4-17(18)19/h2-9,18,21H,10-14H2,1H3,(H,22,23)/t18-/m1/s1. The number of para-hydroxylation sites is 1. The summed E-state index contributed by atoms with van der Waals surface area (Å²) in [5.74, 6) is 1.69. The third-order valence-electron chi connectivity index (χ3n) is 4.15. The van der Waals surface area contributed by atoms with E-state index in [1.54, 1.807) is 0 Å². The van der Waals surface area contributed by atoms with Crippen LogP contribution in [0.3, 0.4) is 0 Å². The third kappa shape index (κ3) is 4.97. The highest BCUT2D eigenvalue weighted by Crippen LogP contribution is 2.31. The lowest BCUT2D eigenvalue weighted by Crippen LogP contribution is -2.39. The predicted octanol–water partition coefficient (Wildman–Crippen LogP) is 2.60. The van der Waals surface area contributed by atoms with Gasteiger partial charge in [0.1, 0.15) is 18.1 Å². The number of hydrogen-bond donors (Lipinski definition) is 2. The van der Waals surface area contributed by atoms with Crippen molar-refractivity contribution in [3.8, 4) is 11.5 Å². The fourth-order valence-electron chi connectivity index (χ4n) is 2.81. The van der Waals surface area contributed by atoms with Crippen LogP contribution in [0, 0.1) is 6.92 Å². The lowest BCUT2D eigenvalue weighted by atomic mass is 10.0. The van der Waals surface area contributed by atoms with Crippen molar-refractivity contribution in [3.05, 3.63) is 59.7 Å². The molecular weight excluding hydrogens is 316 g/mol. The molecule has 0 aromatic heterocycles. The fraction of sp³-hybridized carbons (Fsp3) is 0.350. The molecule has 0 spiro atoms. The Labute approximate surface area is 148 Å². The lowest BCUT2D eigenvalue weighted by molar-refractivity contribution is -0.121. The monoisotopic (exact) mass is 340 g/mol. The minimum absolute atomic E-state index is 0.0166. The van der Waals surface area contributed by atoms with Gasteiger partial charge in [-0.05, 0) is 25.1 Å². The molecule has 5 nitrogen and oxygen atoms in total. The Balaban J connectivity index is 1.37. The fourth-order valence-corrected chi connectivity index (χ4v) is 2.81. The van der Waals surface area contributed by atoms with Crippen LogP contribution in [0.15, 0.2) is 48.5 Å². The molecule has 1 heterocycles. The molecule has 2 N–H and O–H groups in total. The number of aryl methyl sites for hydroxylation is 1. The number of hydrogen-bond acceptors (Lipinski definition) is 4. The van der Waals surface area contributed by atoms with Crippen molar-refractivity contribution in [2.24, 2.45) is 0 Å². The second kappa shape index (κ2) is 8.53. The zero-order valence-corrected chi connectivity index (χ0v) is 14.5. The largest absolute Gasteiger partial charge is 0.493 e. The van der Waals surface area contributed by atoms with Gasteiger partial charge in [0, 0.05) is 18.5 Å². The van der Waals surface area contributed by atoms with E-state index in [-0.39, 0.29) is 18.5 Å². The maximum atomic E-state index is 12.1. The van der Waals surface area contributed by atoms with Gasteiger partial charge in [-0.1, -0.05) is 35.9 Å². The Bertz CT molecular complexity index is 700. The molecule has 132 valence electrons. The van der Waals surface area contributed by atoms with E-state index in [4.69, 9.17) is 9.47 Å². The number of carbonyl (C=O) groups excluding carboxylic acids is 1. The number of nitrogens with one attached hydrogen (secondary N) is 2. The molecule has 1 aliphatic heterocycles. The Kier molecular flexibility index (Phi) is 5.90. The Morgan fingerprint density at radius 1 is 1.20 bits per heavy atom. The van der Waals surface area contributed by atoms with Crippen molar-refractivity contribution >= 4 is 5.91 Å². The maximum absolute atomic E-state index is 12.1. The Morgan fingerprint density at radius 3 is 2.84 bits per heavy atom. The first-order valence-corrected chi connectivity index (χ1v) is 8.63. The molecule has 2 aromatic rings. The first-order chi connectivity index (χ1) is 12.2. The highest BCUT2D eigenvalue weighted by Gasteiger charge is 2.22. The molecule has 0 saturated heterocycles. The molecular formula is C20H24N2O3. The molecule has 25 heavy (non-hydrogen) atoms. The van der Waals surface area contributed by atoms with Crippen molar-refractivity contribution in [1.29, 1.82) is 0 Å². The van der Waals surface area contributed by atoms with Crippen molar-refractivity contribution in [3.63, 3.8) is 0 Å². The van der Waals surface area contributed by atoms with Crippen molar-refractivity contribution in [2.45, 2.75) is 19.4 Å². The van der Waals surface area contributed by atoms with E-state index in [1.807, 2.05) is 55.5 Å². The number of rotatable bonds is 7. The second-order valence-electron chi connectivity index (χ2n) is 6.13. The lowest BCUT2D eigenvalue weighted by Gasteiger charge is -2.26. The van der Waals surface area contributed by atoms with Gasteiger partial charge in [-0.15, -0.1) is 0 Å². The van der Waals surface area contributed by atoms with Gasteiger partial charge < -0.3 is 20.1 Å². The quantitative estimate of drug-likeness (QED) is 0.761. The van der Waals surface area contributed by atoms with Crippen LogP contribution < -0.4 is 20.1 Å². The van der Waals surface area contributed by atoms with Crippen molar-refractivity contribution in [2.75, 3.05) is 26.3 Å². The number of benzene rings is 2. The highest BCUT2D eigenvalue weighted by molar-refractivity contribution is 5.78. The summed E-state index contributed by atoms with van der Waals surface area (Å²) < 4.78 is 11.2. The van der Waals surface area contributed by atoms with E-state index < -0.39 is 0 Å². The molecule has 2 aromatic carbocycles. The molecule has 0 unspecified atom stereocenters. The Hall–Kier alpha value is -2.53. The zero-order chi connectivity index (χ0) is 17.5. The van der Waals surface area contributed by atoms with Gasteiger partial charge in [0.15, 0.2) is 0 Å². The summed E-state index contributed by atoms with van der Waals surface area (Å²) in [6.07, 6.45) is 0.791. The minimum atomic E-state index is -0.0166. The second-order valence-corrected chi connectivity index (χ2v) is 6.13. The summed E-state index contributed by atoms with van der Waals surface area (Å²) in [5, 5.41) is 6.18. The molecule has 0 fully saturated rings. The third-order valence-corrected chi connectivity index (χ3v) is 4.15. The number of carbonyl (C=O) groups is 1. The summed E-state index contributed by atoms with van der Waals surface area (Å²) in [5.41, 5.74) is 2.25. The molecule has 0 aliphatic carbocycles.